The summed E-state index contributed by atoms with van der Waals surface area (Å²) in [6.07, 6.45) is 0.988. The van der Waals surface area contributed by atoms with Gasteiger partial charge in [0.15, 0.2) is 10.7 Å². The first-order valence-electron chi connectivity index (χ1n) is 7.66. The van der Waals surface area contributed by atoms with Crippen molar-refractivity contribution in [1.29, 1.82) is 0 Å². The van der Waals surface area contributed by atoms with Crippen LogP contribution < -0.4 is 5.32 Å². The number of hydrogen-bond donors (Lipinski definition) is 1. The molecule has 1 N–H and O–H groups in total. The standard InChI is InChI=1S/C18H17N3OS/c1-4-12-5-6-14-13(9-12)19-17(22-14)21-18-20-16-11(3)7-10(2)8-15(16)23-18/h5-9H,4H2,1-3H3,(H,19,20,21). The van der Waals surface area contributed by atoms with Gasteiger partial charge in [0.05, 0.1) is 10.2 Å². The molecule has 4 rings (SSSR count). The minimum atomic E-state index is 0.488. The minimum absolute atomic E-state index is 0.488. The Morgan fingerprint density at radius 3 is 2.83 bits per heavy atom. The van der Waals surface area contributed by atoms with Crippen molar-refractivity contribution in [3.63, 3.8) is 0 Å². The molecule has 5 heteroatoms. The Bertz CT molecular complexity index is 1020. The van der Waals surface area contributed by atoms with E-state index in [-0.39, 0.29) is 0 Å². The summed E-state index contributed by atoms with van der Waals surface area (Å²) in [5.41, 5.74) is 6.39. The van der Waals surface area contributed by atoms with E-state index in [4.69, 9.17) is 4.42 Å². The van der Waals surface area contributed by atoms with Gasteiger partial charge < -0.3 is 4.42 Å². The molecule has 4 aromatic rings. The van der Waals surface area contributed by atoms with E-state index < -0.39 is 0 Å². The van der Waals surface area contributed by atoms with Crippen molar-refractivity contribution in [3.05, 3.63) is 47.0 Å². The molecule has 0 fully saturated rings. The van der Waals surface area contributed by atoms with E-state index in [1.54, 1.807) is 11.3 Å². The quantitative estimate of drug-likeness (QED) is 0.551. The Balaban J connectivity index is 1.71. The molecule has 0 atom stereocenters. The normalized spacial score (nSPS) is 11.4. The first kappa shape index (κ1) is 14.2. The second kappa shape index (κ2) is 5.35. The van der Waals surface area contributed by atoms with Gasteiger partial charge in [0.25, 0.3) is 0 Å². The zero-order valence-electron chi connectivity index (χ0n) is 13.3. The predicted octanol–water partition coefficient (Wildman–Crippen LogP) is 5.36. The Hall–Kier alpha value is -2.40. The number of aromatic nitrogens is 2. The first-order valence-corrected chi connectivity index (χ1v) is 8.48. The molecule has 0 amide bonds. The summed E-state index contributed by atoms with van der Waals surface area (Å²) in [7, 11) is 0. The smallest absolute Gasteiger partial charge is 0.302 e. The fourth-order valence-corrected chi connectivity index (χ4v) is 3.79. The highest BCUT2D eigenvalue weighted by molar-refractivity contribution is 7.22. The number of thiazole rings is 1. The zero-order chi connectivity index (χ0) is 16.0. The van der Waals surface area contributed by atoms with Crippen LogP contribution in [0.5, 0.6) is 0 Å². The molecule has 0 bridgehead atoms. The van der Waals surface area contributed by atoms with E-state index in [0.717, 1.165) is 28.2 Å². The number of benzene rings is 2. The molecule has 0 aliphatic carbocycles. The number of hydrogen-bond acceptors (Lipinski definition) is 5. The number of oxazole rings is 1. The highest BCUT2D eigenvalue weighted by Crippen LogP contribution is 2.31. The maximum atomic E-state index is 5.77. The number of nitrogens with one attached hydrogen (secondary N) is 1. The summed E-state index contributed by atoms with van der Waals surface area (Å²) < 4.78 is 6.94. The fraction of sp³-hybridized carbons (Fsp3) is 0.222. The Morgan fingerprint density at radius 2 is 2.00 bits per heavy atom. The van der Waals surface area contributed by atoms with E-state index in [0.29, 0.717) is 6.01 Å². The van der Waals surface area contributed by atoms with Gasteiger partial charge in [0, 0.05) is 0 Å². The second-order valence-corrected chi connectivity index (χ2v) is 6.78. The molecule has 23 heavy (non-hydrogen) atoms. The molecule has 0 unspecified atom stereocenters. The van der Waals surface area contributed by atoms with Crippen LogP contribution in [0.15, 0.2) is 34.7 Å². The molecule has 0 saturated heterocycles. The third-order valence-electron chi connectivity index (χ3n) is 3.90. The number of rotatable bonds is 3. The molecule has 2 aromatic heterocycles. The highest BCUT2D eigenvalue weighted by Gasteiger charge is 2.11. The summed E-state index contributed by atoms with van der Waals surface area (Å²) in [4.78, 5) is 9.18. The molecule has 0 aliphatic rings. The van der Waals surface area contributed by atoms with E-state index in [1.807, 2.05) is 6.07 Å². The molecule has 0 spiro atoms. The fourth-order valence-electron chi connectivity index (χ4n) is 2.76. The van der Waals surface area contributed by atoms with E-state index in [1.165, 1.54) is 21.4 Å². The number of anilines is 2. The van der Waals surface area contributed by atoms with Crippen molar-refractivity contribution < 1.29 is 4.42 Å². The van der Waals surface area contributed by atoms with Crippen LogP contribution in [-0.4, -0.2) is 9.97 Å². The van der Waals surface area contributed by atoms with Crippen LogP contribution in [0, 0.1) is 13.8 Å². The molecular weight excluding hydrogens is 306 g/mol. The van der Waals surface area contributed by atoms with Gasteiger partial charge in [0.2, 0.25) is 0 Å². The highest BCUT2D eigenvalue weighted by atomic mass is 32.1. The van der Waals surface area contributed by atoms with Crippen molar-refractivity contribution in [1.82, 2.24) is 9.97 Å². The molecule has 116 valence electrons. The van der Waals surface area contributed by atoms with Crippen LogP contribution in [0.4, 0.5) is 11.1 Å². The lowest BCUT2D eigenvalue weighted by atomic mass is 10.1. The van der Waals surface area contributed by atoms with E-state index in [9.17, 15) is 0 Å². The third-order valence-corrected chi connectivity index (χ3v) is 4.82. The average Bonchev–Trinajstić information content (AvgIpc) is 3.09. The van der Waals surface area contributed by atoms with Crippen LogP contribution in [0.1, 0.15) is 23.6 Å². The zero-order valence-corrected chi connectivity index (χ0v) is 14.1. The summed E-state index contributed by atoms with van der Waals surface area (Å²) in [6.45, 7) is 6.32. The van der Waals surface area contributed by atoms with Gasteiger partial charge >= 0.3 is 6.01 Å². The monoisotopic (exact) mass is 323 g/mol. The van der Waals surface area contributed by atoms with Gasteiger partial charge in [-0.25, -0.2) is 4.98 Å². The average molecular weight is 323 g/mol. The molecule has 4 nitrogen and oxygen atoms in total. The Morgan fingerprint density at radius 1 is 1.13 bits per heavy atom. The summed E-state index contributed by atoms with van der Waals surface area (Å²) in [6, 6.07) is 10.9. The van der Waals surface area contributed by atoms with Gasteiger partial charge in [-0.3, -0.25) is 5.32 Å². The van der Waals surface area contributed by atoms with Crippen LogP contribution >= 0.6 is 11.3 Å². The van der Waals surface area contributed by atoms with E-state index >= 15 is 0 Å². The molecule has 0 radical (unpaired) electrons. The van der Waals surface area contributed by atoms with Crippen molar-refractivity contribution in [2.45, 2.75) is 27.2 Å². The van der Waals surface area contributed by atoms with Gasteiger partial charge in [-0.05, 0) is 55.2 Å². The maximum absolute atomic E-state index is 5.77. The van der Waals surface area contributed by atoms with E-state index in [2.05, 4.69) is 60.3 Å². The van der Waals surface area contributed by atoms with Crippen LogP contribution in [0.25, 0.3) is 21.3 Å². The predicted molar refractivity (Wildman–Crippen MR) is 95.8 cm³/mol. The lowest BCUT2D eigenvalue weighted by Gasteiger charge is -1.95. The Kier molecular flexibility index (Phi) is 3.31. The number of nitrogens with zero attached hydrogens (tertiary/aromatic N) is 2. The van der Waals surface area contributed by atoms with Crippen LogP contribution in [0.3, 0.4) is 0 Å². The second-order valence-electron chi connectivity index (χ2n) is 5.75. The largest absolute Gasteiger partial charge is 0.423 e. The molecule has 0 saturated carbocycles. The lowest BCUT2D eigenvalue weighted by molar-refractivity contribution is 0.623. The Labute approximate surface area is 138 Å². The summed E-state index contributed by atoms with van der Waals surface area (Å²) in [5, 5.41) is 4.00. The van der Waals surface area contributed by atoms with Gasteiger partial charge in [-0.1, -0.05) is 30.4 Å². The van der Waals surface area contributed by atoms with Crippen molar-refractivity contribution in [3.8, 4) is 0 Å². The first-order chi connectivity index (χ1) is 11.1. The van der Waals surface area contributed by atoms with Crippen LogP contribution in [-0.2, 0) is 6.42 Å². The third kappa shape index (κ3) is 2.57. The topological polar surface area (TPSA) is 51.0 Å². The molecule has 2 heterocycles. The molecule has 0 aliphatic heterocycles. The van der Waals surface area contributed by atoms with Crippen molar-refractivity contribution in [2.24, 2.45) is 0 Å². The summed E-state index contributed by atoms with van der Waals surface area (Å²) in [5.74, 6) is 0. The van der Waals surface area contributed by atoms with Gasteiger partial charge in [-0.2, -0.15) is 4.98 Å². The minimum Gasteiger partial charge on any atom is -0.423 e. The van der Waals surface area contributed by atoms with Gasteiger partial charge in [0.1, 0.15) is 5.52 Å². The maximum Gasteiger partial charge on any atom is 0.302 e. The number of fused-ring (bicyclic) bond motifs is 2. The van der Waals surface area contributed by atoms with Crippen molar-refractivity contribution >= 4 is 43.8 Å². The molecule has 2 aromatic carbocycles. The summed E-state index contributed by atoms with van der Waals surface area (Å²) >= 11 is 1.62. The van der Waals surface area contributed by atoms with Crippen molar-refractivity contribution in [2.75, 3.05) is 5.32 Å². The van der Waals surface area contributed by atoms with Gasteiger partial charge in [-0.15, -0.1) is 0 Å². The van der Waals surface area contributed by atoms with Crippen LogP contribution in [0.2, 0.25) is 0 Å². The number of aryl methyl sites for hydroxylation is 3. The SMILES string of the molecule is CCc1ccc2oc(Nc3nc4c(C)cc(C)cc4s3)nc2c1. The molecular formula is C18H17N3OS. The lowest BCUT2D eigenvalue weighted by Crippen LogP contribution is -1.88.